The normalized spacial score (nSPS) is 16.2. The molecule has 0 saturated heterocycles. The highest BCUT2D eigenvalue weighted by Crippen LogP contribution is 2.65. The van der Waals surface area contributed by atoms with E-state index in [9.17, 15) is 0 Å². The van der Waals surface area contributed by atoms with Gasteiger partial charge in [-0.25, -0.2) is 0 Å². The molecule has 0 saturated carbocycles. The third-order valence-electron chi connectivity index (χ3n) is 14.9. The van der Waals surface area contributed by atoms with E-state index in [1.165, 1.54) is 105 Å². The van der Waals surface area contributed by atoms with Gasteiger partial charge in [-0.05, 0) is 113 Å². The average molecular weight is 794 g/mol. The molecular weight excluding hydrogens is 755 g/mol. The Morgan fingerprint density at radius 3 is 1.48 bits per heavy atom. The van der Waals surface area contributed by atoms with E-state index in [4.69, 9.17) is 4.74 Å². The second kappa shape index (κ2) is 11.5. The molecule has 1 aliphatic carbocycles. The van der Waals surface area contributed by atoms with Gasteiger partial charge in [-0.2, -0.15) is 0 Å². The number of benzene rings is 9. The third-order valence-corrected chi connectivity index (χ3v) is 19.9. The SMILES string of the molecule is CC1(C)c2ccccc2-c2cc3c(cc21)C1(c2ccccc2Oc2ccccc21)c1ccccc1N3c1ccc2c(c1)[Si]1(c3ccccc3-c3ccccc31)c1ccccc1-2. The van der Waals surface area contributed by atoms with Crippen LogP contribution in [0.25, 0.3) is 33.4 Å². The first-order valence-corrected chi connectivity index (χ1v) is 23.5. The van der Waals surface area contributed by atoms with Gasteiger partial charge in [-0.1, -0.05) is 178 Å². The van der Waals surface area contributed by atoms with E-state index in [1.807, 2.05) is 0 Å². The van der Waals surface area contributed by atoms with Gasteiger partial charge < -0.3 is 9.64 Å². The quantitative estimate of drug-likeness (QED) is 0.154. The number of hydrogen-bond acceptors (Lipinski definition) is 2. The van der Waals surface area contributed by atoms with Crippen LogP contribution in [0.4, 0.5) is 17.1 Å². The van der Waals surface area contributed by atoms with Crippen molar-refractivity contribution in [1.82, 2.24) is 0 Å². The largest absolute Gasteiger partial charge is 0.457 e. The molecule has 0 amide bonds. The lowest BCUT2D eigenvalue weighted by molar-refractivity contribution is 0.434. The molecule has 4 heterocycles. The molecule has 0 atom stereocenters. The summed E-state index contributed by atoms with van der Waals surface area (Å²) in [4.78, 5) is 2.60. The Kier molecular flexibility index (Phi) is 6.36. The molecule has 14 rings (SSSR count). The first kappa shape index (κ1) is 33.6. The molecule has 0 bridgehead atoms. The fraction of sp³-hybridized carbons (Fsp3) is 0.0690. The van der Waals surface area contributed by atoms with Crippen molar-refractivity contribution >= 4 is 45.9 Å². The van der Waals surface area contributed by atoms with Crippen LogP contribution in [0.15, 0.2) is 200 Å². The molecular formula is C58H39NOSi. The van der Waals surface area contributed by atoms with Crippen LogP contribution in [0.5, 0.6) is 11.5 Å². The Morgan fingerprint density at radius 1 is 0.361 bits per heavy atom. The summed E-state index contributed by atoms with van der Waals surface area (Å²) >= 11 is 0. The topological polar surface area (TPSA) is 12.5 Å². The highest BCUT2D eigenvalue weighted by Gasteiger charge is 2.56. The number of fused-ring (bicyclic) bond motifs is 21. The Labute approximate surface area is 357 Å². The molecule has 0 aromatic heterocycles. The molecule has 3 heteroatoms. The minimum absolute atomic E-state index is 0.186. The molecule has 286 valence electrons. The molecule has 4 aliphatic heterocycles. The van der Waals surface area contributed by atoms with Crippen molar-refractivity contribution in [1.29, 1.82) is 0 Å². The number of rotatable bonds is 1. The summed E-state index contributed by atoms with van der Waals surface area (Å²) in [6.45, 7) is 4.80. The van der Waals surface area contributed by atoms with Crippen molar-refractivity contribution in [3.05, 3.63) is 234 Å². The number of anilines is 3. The van der Waals surface area contributed by atoms with Crippen LogP contribution < -0.4 is 30.4 Å². The first-order chi connectivity index (χ1) is 30.0. The molecule has 2 spiro atoms. The lowest BCUT2D eigenvalue weighted by atomic mass is 9.60. The predicted molar refractivity (Wildman–Crippen MR) is 252 cm³/mol. The summed E-state index contributed by atoms with van der Waals surface area (Å²) in [7, 11) is -2.69. The molecule has 61 heavy (non-hydrogen) atoms. The minimum Gasteiger partial charge on any atom is -0.457 e. The molecule has 0 unspecified atom stereocenters. The molecule has 9 aromatic carbocycles. The number of hydrogen-bond donors (Lipinski definition) is 0. The van der Waals surface area contributed by atoms with Gasteiger partial charge in [0.2, 0.25) is 0 Å². The Balaban J connectivity index is 1.11. The summed E-state index contributed by atoms with van der Waals surface area (Å²) in [5.74, 6) is 1.81. The summed E-state index contributed by atoms with van der Waals surface area (Å²) in [5, 5.41) is 5.94. The summed E-state index contributed by atoms with van der Waals surface area (Å²) in [6.07, 6.45) is 0. The highest BCUT2D eigenvalue weighted by atomic mass is 28.3. The van der Waals surface area contributed by atoms with Crippen LogP contribution in [-0.2, 0) is 10.8 Å². The van der Waals surface area contributed by atoms with Gasteiger partial charge in [0.1, 0.15) is 11.5 Å². The first-order valence-electron chi connectivity index (χ1n) is 21.5. The number of ether oxygens (including phenoxy) is 1. The minimum atomic E-state index is -2.69. The number of nitrogens with zero attached hydrogens (tertiary/aromatic N) is 1. The van der Waals surface area contributed by atoms with Gasteiger partial charge in [-0.3, -0.25) is 0 Å². The van der Waals surface area contributed by atoms with Crippen molar-refractivity contribution in [3.63, 3.8) is 0 Å². The predicted octanol–water partition coefficient (Wildman–Crippen LogP) is 11.6. The standard InChI is InChI=1S/C58H39NOSi/c1-57(2)43-21-7-3-17-37(43)42-34-50-48(35-47(42)57)58(45-23-9-12-26-51(45)60-52-27-13-10-24-46(52)58)44-22-8-11-25-49(44)59(50)36-31-32-41-40-20-6-16-30-55(40)61(56(41)33-36)53-28-14-4-18-38(53)39-19-5-15-29-54(39)61/h3-35H,1-2H3. The zero-order chi connectivity index (χ0) is 40.2. The highest BCUT2D eigenvalue weighted by molar-refractivity contribution is 7.24. The molecule has 0 fully saturated rings. The fourth-order valence-corrected chi connectivity index (χ4v) is 18.2. The summed E-state index contributed by atoms with van der Waals surface area (Å²) < 4.78 is 6.81. The van der Waals surface area contributed by atoms with Crippen molar-refractivity contribution in [3.8, 4) is 44.9 Å². The van der Waals surface area contributed by atoms with E-state index in [2.05, 4.69) is 219 Å². The maximum absolute atomic E-state index is 6.81. The van der Waals surface area contributed by atoms with E-state index in [0.717, 1.165) is 11.5 Å². The van der Waals surface area contributed by atoms with E-state index in [-0.39, 0.29) is 5.41 Å². The monoisotopic (exact) mass is 793 g/mol. The van der Waals surface area contributed by atoms with Crippen LogP contribution >= 0.6 is 0 Å². The van der Waals surface area contributed by atoms with Gasteiger partial charge in [0, 0.05) is 22.2 Å². The molecule has 9 aromatic rings. The lowest BCUT2D eigenvalue weighted by Crippen LogP contribution is -2.70. The van der Waals surface area contributed by atoms with Gasteiger partial charge in [0.15, 0.2) is 8.07 Å². The second-order valence-electron chi connectivity index (χ2n) is 17.9. The number of para-hydroxylation sites is 3. The van der Waals surface area contributed by atoms with Gasteiger partial charge in [-0.15, -0.1) is 0 Å². The van der Waals surface area contributed by atoms with Crippen molar-refractivity contribution in [2.75, 3.05) is 4.90 Å². The van der Waals surface area contributed by atoms with Crippen LogP contribution in [0.1, 0.15) is 47.2 Å². The Bertz CT molecular complexity index is 3300. The molecule has 2 nitrogen and oxygen atoms in total. The lowest BCUT2D eigenvalue weighted by Gasteiger charge is -2.49. The van der Waals surface area contributed by atoms with Crippen molar-refractivity contribution in [2.24, 2.45) is 0 Å². The molecule has 5 aliphatic rings. The molecule has 0 radical (unpaired) electrons. The van der Waals surface area contributed by atoms with E-state index >= 15 is 0 Å². The van der Waals surface area contributed by atoms with Gasteiger partial charge in [0.25, 0.3) is 0 Å². The third kappa shape index (κ3) is 3.90. The zero-order valence-electron chi connectivity index (χ0n) is 33.9. The smallest absolute Gasteiger partial charge is 0.182 e. The van der Waals surface area contributed by atoms with Crippen molar-refractivity contribution in [2.45, 2.75) is 24.7 Å². The van der Waals surface area contributed by atoms with Crippen LogP contribution in [0, 0.1) is 0 Å². The Hall–Kier alpha value is -7.20. The maximum atomic E-state index is 6.81. The average Bonchev–Trinajstić information content (AvgIpc) is 3.86. The second-order valence-corrected chi connectivity index (χ2v) is 21.6. The Morgan fingerprint density at radius 2 is 0.852 bits per heavy atom. The van der Waals surface area contributed by atoms with E-state index < -0.39 is 13.5 Å². The van der Waals surface area contributed by atoms with Gasteiger partial charge in [0.05, 0.1) is 16.8 Å². The van der Waals surface area contributed by atoms with Crippen molar-refractivity contribution < 1.29 is 4.74 Å². The van der Waals surface area contributed by atoms with E-state index in [1.54, 1.807) is 0 Å². The summed E-state index contributed by atoms with van der Waals surface area (Å²) in [5.41, 5.74) is 18.5. The molecule has 0 N–H and O–H groups in total. The van der Waals surface area contributed by atoms with Crippen LogP contribution in [-0.4, -0.2) is 8.07 Å². The maximum Gasteiger partial charge on any atom is 0.182 e. The van der Waals surface area contributed by atoms with Crippen LogP contribution in [0.2, 0.25) is 0 Å². The van der Waals surface area contributed by atoms with Gasteiger partial charge >= 0.3 is 0 Å². The fourth-order valence-electron chi connectivity index (χ4n) is 12.6. The van der Waals surface area contributed by atoms with Crippen LogP contribution in [0.3, 0.4) is 0 Å². The van der Waals surface area contributed by atoms with E-state index in [0.29, 0.717) is 0 Å². The zero-order valence-corrected chi connectivity index (χ0v) is 34.9. The summed E-state index contributed by atoms with van der Waals surface area (Å²) in [6, 6.07) is 75.9.